The molecule has 114 heavy (non-hydrogen) atoms. The van der Waals surface area contributed by atoms with Gasteiger partial charge in [-0.25, -0.2) is 38.2 Å². The van der Waals surface area contributed by atoms with E-state index in [4.69, 9.17) is 17.7 Å². The van der Waals surface area contributed by atoms with E-state index in [1.807, 2.05) is 24.3 Å². The Morgan fingerprint density at radius 3 is 1.01 bits per heavy atom. The number of hydrogen-bond donors (Lipinski definition) is 0. The molecule has 8 aromatic carbocycles. The monoisotopic (exact) mass is 1490 g/mol. The summed E-state index contributed by atoms with van der Waals surface area (Å²) in [4.78, 5) is 17.9. The number of fused-ring (bicyclic) bond motifs is 20. The van der Waals surface area contributed by atoms with Gasteiger partial charge in [0.05, 0.1) is 22.3 Å². The highest BCUT2D eigenvalue weighted by atomic mass is 16.4. The molecule has 0 radical (unpaired) electrons. The summed E-state index contributed by atoms with van der Waals surface area (Å²) in [7, 11) is 8.50. The summed E-state index contributed by atoms with van der Waals surface area (Å²) in [5.41, 5.74) is 27.5. The molecule has 0 unspecified atom stereocenters. The minimum absolute atomic E-state index is 0.462. The quantitative estimate of drug-likeness (QED) is 0.138. The first-order chi connectivity index (χ1) is 55.4. The molecule has 1 aliphatic carbocycles. The Labute approximate surface area is 663 Å². The summed E-state index contributed by atoms with van der Waals surface area (Å²) in [5, 5.41) is 18.8. The number of aromatic nitrogens is 8. The van der Waals surface area contributed by atoms with E-state index < -0.39 is 0 Å². The number of hydrogen-bond acceptors (Lipinski definition) is 8. The molecule has 1 saturated carbocycles. The fourth-order valence-corrected chi connectivity index (χ4v) is 18.5. The van der Waals surface area contributed by atoms with Crippen LogP contribution in [0, 0.1) is 34.6 Å². The molecule has 562 valence electrons. The van der Waals surface area contributed by atoms with Crippen molar-refractivity contribution in [3.63, 3.8) is 0 Å². The maximum atomic E-state index is 6.39. The van der Waals surface area contributed by atoms with E-state index in [0.29, 0.717) is 40.6 Å². The van der Waals surface area contributed by atoms with Crippen LogP contribution in [-0.4, -0.2) is 19.9 Å². The van der Waals surface area contributed by atoms with Crippen molar-refractivity contribution in [1.82, 2.24) is 19.9 Å². The Morgan fingerprint density at radius 1 is 0.342 bits per heavy atom. The van der Waals surface area contributed by atoms with Crippen molar-refractivity contribution >= 4 is 131 Å². The van der Waals surface area contributed by atoms with Gasteiger partial charge in [0.1, 0.15) is 28.2 Å². The summed E-state index contributed by atoms with van der Waals surface area (Å²) in [6.07, 6.45) is 22.5. The van der Waals surface area contributed by atoms with Gasteiger partial charge >= 0.3 is 0 Å². The number of nitrogens with zero attached hydrogens (tertiary/aromatic N) is 8. The van der Waals surface area contributed by atoms with Gasteiger partial charge in [0.15, 0.2) is 47.1 Å². The molecule has 0 amide bonds. The number of aryl methyl sites for hydroxylation is 10. The van der Waals surface area contributed by atoms with Crippen LogP contribution in [0.1, 0.15) is 128 Å². The third-order valence-electron chi connectivity index (χ3n) is 24.2. The van der Waals surface area contributed by atoms with Crippen LogP contribution in [0.2, 0.25) is 0 Å². The van der Waals surface area contributed by atoms with Crippen molar-refractivity contribution in [2.24, 2.45) is 28.2 Å². The van der Waals surface area contributed by atoms with E-state index in [9.17, 15) is 0 Å². The fraction of sp³-hybridized carbons (Fsp3) is 0.216. The molecule has 12 nitrogen and oxygen atoms in total. The molecular formula is C102H94N8O4+4. The Balaban J connectivity index is 0.000000106. The van der Waals surface area contributed by atoms with Crippen molar-refractivity contribution in [3.05, 3.63) is 288 Å². The lowest BCUT2D eigenvalue weighted by Crippen LogP contribution is -2.32. The zero-order chi connectivity index (χ0) is 78.5. The molecule has 0 saturated heterocycles. The van der Waals surface area contributed by atoms with Gasteiger partial charge in [-0.15, -0.1) is 0 Å². The zero-order valence-corrected chi connectivity index (χ0v) is 67.5. The molecule has 21 rings (SSSR count). The van der Waals surface area contributed by atoms with Crippen molar-refractivity contribution < 1.29 is 35.9 Å². The molecule has 0 aliphatic heterocycles. The first kappa shape index (κ1) is 72.7. The maximum absolute atomic E-state index is 6.39. The maximum Gasteiger partial charge on any atom is 0.227 e. The molecule has 0 bridgehead atoms. The molecule has 0 atom stereocenters. The summed E-state index contributed by atoms with van der Waals surface area (Å²) < 4.78 is 34.3. The number of benzene rings is 8. The Hall–Kier alpha value is -12.8. The second-order valence-corrected chi connectivity index (χ2v) is 31.8. The highest BCUT2D eigenvalue weighted by Crippen LogP contribution is 2.48. The van der Waals surface area contributed by atoms with Crippen molar-refractivity contribution in [1.29, 1.82) is 0 Å². The molecule has 0 spiro atoms. The summed E-state index contributed by atoms with van der Waals surface area (Å²) in [6, 6.07) is 66.5. The summed E-state index contributed by atoms with van der Waals surface area (Å²) in [5.74, 6) is 1.66. The van der Waals surface area contributed by atoms with Crippen LogP contribution in [0.3, 0.4) is 0 Å². The predicted molar refractivity (Wildman–Crippen MR) is 465 cm³/mol. The lowest BCUT2D eigenvalue weighted by molar-refractivity contribution is -0.661. The summed E-state index contributed by atoms with van der Waals surface area (Å²) >= 11 is 0. The smallest absolute Gasteiger partial charge is 0.227 e. The Bertz CT molecular complexity index is 7250. The first-order valence-electron chi connectivity index (χ1n) is 40.2. The van der Waals surface area contributed by atoms with E-state index in [2.05, 4.69) is 324 Å². The average molecular weight is 1500 g/mol. The molecule has 0 N–H and O–H groups in total. The van der Waals surface area contributed by atoms with E-state index in [-0.39, 0.29) is 0 Å². The van der Waals surface area contributed by atoms with Crippen LogP contribution in [-0.2, 0) is 34.6 Å². The van der Waals surface area contributed by atoms with Gasteiger partial charge in [-0.05, 0) is 209 Å². The van der Waals surface area contributed by atoms with Crippen LogP contribution < -0.4 is 18.3 Å². The number of pyridine rings is 8. The number of rotatable bonds is 8. The van der Waals surface area contributed by atoms with Gasteiger partial charge in [-0.3, -0.25) is 0 Å². The van der Waals surface area contributed by atoms with E-state index in [1.54, 1.807) is 24.8 Å². The third kappa shape index (κ3) is 12.3. The largest absolute Gasteiger partial charge is 0.437 e. The van der Waals surface area contributed by atoms with Gasteiger partial charge in [-0.1, -0.05) is 145 Å². The van der Waals surface area contributed by atoms with Crippen LogP contribution in [0.15, 0.2) is 255 Å². The van der Waals surface area contributed by atoms with Gasteiger partial charge < -0.3 is 17.7 Å². The average Bonchev–Trinajstić information content (AvgIpc) is 1.54. The molecule has 1 aliphatic rings. The number of furan rings is 4. The normalized spacial score (nSPS) is 12.7. The van der Waals surface area contributed by atoms with Crippen LogP contribution in [0.5, 0.6) is 0 Å². The van der Waals surface area contributed by atoms with Crippen molar-refractivity contribution in [2.45, 2.75) is 119 Å². The molecule has 20 aromatic rings. The standard InChI is InChI=1S/C27H25N2O.C26H25N2O.C25H23N2O.C24H21N2O/c1-17-20-10-5-6-11-21(20)25-22-12-7-15-28-27(22)30-26(25)24(17)23-14-13-19(16-29(23)2)18-8-3-4-9-18;1-15(2)21-13-22(28(5)14-16(21)3)23-17(4)18-9-6-7-10-19(18)24-20-11-8-12-27-26(20)29-25(23)24;1-15(2)17-11-12-21(27(4)14-17)22-16(3)18-8-5-6-9-19(18)23-20-10-7-13-26-25(20)28-24(22)23;1-4-16-11-12-20(26(3)14-16)21-15(2)17-8-5-6-9-18(17)22-19-10-7-13-25-24(19)27-23(21)22/h5-7,10-16,18H,3-4,8-9H2,1-2H3;6-15H,1-5H3;5-15H,1-4H3;5-14H,4H2,1-3H3/q4*+1. The molecule has 12 heterocycles. The summed E-state index contributed by atoms with van der Waals surface area (Å²) in [6.45, 7) is 22.1. The van der Waals surface area contributed by atoms with E-state index >= 15 is 0 Å². The van der Waals surface area contributed by atoms with Crippen LogP contribution in [0.4, 0.5) is 0 Å². The minimum atomic E-state index is 0.462. The van der Waals surface area contributed by atoms with Gasteiger partial charge in [0, 0.05) is 114 Å². The molecule has 12 heteroatoms. The lowest BCUT2D eigenvalue weighted by Gasteiger charge is -2.14. The second-order valence-electron chi connectivity index (χ2n) is 31.8. The van der Waals surface area contributed by atoms with Crippen LogP contribution >= 0.6 is 0 Å². The van der Waals surface area contributed by atoms with Gasteiger partial charge in [0.2, 0.25) is 45.6 Å². The minimum Gasteiger partial charge on any atom is -0.437 e. The van der Waals surface area contributed by atoms with Gasteiger partial charge in [-0.2, -0.15) is 0 Å². The molecular weight excluding hydrogens is 1400 g/mol. The zero-order valence-electron chi connectivity index (χ0n) is 67.5. The highest BCUT2D eigenvalue weighted by Gasteiger charge is 2.31. The lowest BCUT2D eigenvalue weighted by atomic mass is 9.91. The van der Waals surface area contributed by atoms with Crippen LogP contribution in [0.25, 0.3) is 176 Å². The SMILES string of the molecule is CCc1ccc(-c2c(C)c3ccccc3c3c2oc2ncccc23)[n+](C)c1.Cc1c(-c2ccc(C(C)C)c[n+]2C)c2oc3ncccc3c2c2ccccc12.Cc1c(-c2ccc(C3CCCC3)c[n+]2C)c2oc3ncccc3c2c2ccccc12.Cc1c[n+](C)c(-c2c(C)c3ccccc3c3c2oc2ncccc23)cc1C(C)C. The van der Waals surface area contributed by atoms with Gasteiger partial charge in [0.25, 0.3) is 0 Å². The first-order valence-corrected chi connectivity index (χ1v) is 40.2. The third-order valence-corrected chi connectivity index (χ3v) is 24.2. The van der Waals surface area contributed by atoms with E-state index in [1.165, 1.54) is 136 Å². The fourth-order valence-electron chi connectivity index (χ4n) is 18.5. The highest BCUT2D eigenvalue weighted by molar-refractivity contribution is 6.26. The second kappa shape index (κ2) is 29.4. The molecule has 12 aromatic heterocycles. The van der Waals surface area contributed by atoms with E-state index in [0.717, 1.165) is 99.9 Å². The van der Waals surface area contributed by atoms with Crippen molar-refractivity contribution in [3.8, 4) is 45.0 Å². The topological polar surface area (TPSA) is 120 Å². The molecule has 1 fully saturated rings. The Morgan fingerprint density at radius 2 is 0.667 bits per heavy atom. The Kier molecular flexibility index (Phi) is 18.7. The predicted octanol–water partition coefficient (Wildman–Crippen LogP) is 24.5. The van der Waals surface area contributed by atoms with Crippen molar-refractivity contribution in [2.75, 3.05) is 0 Å².